The molecule has 2 N–H and O–H groups in total. The average molecular weight is 330 g/mol. The highest BCUT2D eigenvalue weighted by Crippen LogP contribution is 2.16. The van der Waals surface area contributed by atoms with Crippen molar-refractivity contribution in [3.8, 4) is 0 Å². The molecule has 1 saturated heterocycles. The third-order valence-electron chi connectivity index (χ3n) is 3.53. The lowest BCUT2D eigenvalue weighted by Crippen LogP contribution is -2.46. The first-order chi connectivity index (χ1) is 10.3. The van der Waals surface area contributed by atoms with Gasteiger partial charge in [-0.1, -0.05) is 0 Å². The molecule has 22 heavy (non-hydrogen) atoms. The van der Waals surface area contributed by atoms with Crippen molar-refractivity contribution < 1.29 is 23.1 Å². The molecule has 1 aromatic heterocycles. The summed E-state index contributed by atoms with van der Waals surface area (Å²) in [6.45, 7) is 0.156. The van der Waals surface area contributed by atoms with Gasteiger partial charge >= 0.3 is 5.97 Å². The van der Waals surface area contributed by atoms with Gasteiger partial charge in [-0.05, 0) is 12.8 Å². The summed E-state index contributed by atoms with van der Waals surface area (Å²) in [6.07, 6.45) is 3.64. The van der Waals surface area contributed by atoms with Gasteiger partial charge in [0, 0.05) is 26.3 Å². The van der Waals surface area contributed by atoms with E-state index in [-0.39, 0.29) is 11.4 Å². The third-order valence-corrected chi connectivity index (χ3v) is 4.88. The lowest BCUT2D eigenvalue weighted by molar-refractivity contribution is -0.145. The average Bonchev–Trinajstić information content (AvgIpc) is 2.92. The number of nitrogens with zero attached hydrogens (tertiary/aromatic N) is 3. The van der Waals surface area contributed by atoms with E-state index in [1.807, 2.05) is 0 Å². The number of rotatable bonds is 5. The topological polar surface area (TPSA) is 122 Å². The van der Waals surface area contributed by atoms with E-state index in [1.54, 1.807) is 7.05 Å². The monoisotopic (exact) mass is 330 g/mol. The Hall–Kier alpha value is -1.94. The molecule has 0 aliphatic carbocycles. The number of carboxylic acid groups (broad SMARTS) is 1. The van der Waals surface area contributed by atoms with Crippen LogP contribution >= 0.6 is 0 Å². The van der Waals surface area contributed by atoms with E-state index >= 15 is 0 Å². The highest BCUT2D eigenvalue weighted by Gasteiger charge is 2.28. The number of amides is 1. The summed E-state index contributed by atoms with van der Waals surface area (Å²) < 4.78 is 27.5. The summed E-state index contributed by atoms with van der Waals surface area (Å²) in [5.41, 5.74) is 0. The summed E-state index contributed by atoms with van der Waals surface area (Å²) in [5.74, 6) is -1.96. The van der Waals surface area contributed by atoms with Crippen LogP contribution in [0.25, 0.3) is 0 Å². The van der Waals surface area contributed by atoms with Crippen molar-refractivity contribution in [1.82, 2.24) is 19.4 Å². The maximum Gasteiger partial charge on any atom is 0.308 e. The van der Waals surface area contributed by atoms with Crippen molar-refractivity contribution in [1.29, 1.82) is 0 Å². The summed E-state index contributed by atoms with van der Waals surface area (Å²) in [4.78, 5) is 24.4. The standard InChI is InChI=1S/C12H18N4O5S/c1-15-8-10(5-13-15)22(20,21)14-6-11(17)16-4-2-3-9(7-16)12(18)19/h5,8-9,14H,2-4,6-7H2,1H3,(H,18,19). The van der Waals surface area contributed by atoms with Gasteiger partial charge in [0.15, 0.2) is 0 Å². The van der Waals surface area contributed by atoms with Crippen LogP contribution in [0.2, 0.25) is 0 Å². The number of sulfonamides is 1. The maximum atomic E-state index is 12.0. The van der Waals surface area contributed by atoms with Crippen molar-refractivity contribution in [3.05, 3.63) is 12.4 Å². The van der Waals surface area contributed by atoms with Crippen LogP contribution in [0.4, 0.5) is 0 Å². The number of carboxylic acids is 1. The maximum absolute atomic E-state index is 12.0. The highest BCUT2D eigenvalue weighted by atomic mass is 32.2. The normalized spacial score (nSPS) is 19.1. The van der Waals surface area contributed by atoms with E-state index in [0.29, 0.717) is 19.4 Å². The second-order valence-corrected chi connectivity index (χ2v) is 6.96. The minimum atomic E-state index is -3.80. The van der Waals surface area contributed by atoms with E-state index in [2.05, 4.69) is 9.82 Å². The molecular weight excluding hydrogens is 312 g/mol. The number of likely N-dealkylation sites (tertiary alicyclic amines) is 1. The van der Waals surface area contributed by atoms with Gasteiger partial charge < -0.3 is 10.0 Å². The number of hydrogen-bond acceptors (Lipinski definition) is 5. The zero-order valence-corrected chi connectivity index (χ0v) is 12.9. The molecule has 1 unspecified atom stereocenters. The Balaban J connectivity index is 1.93. The molecule has 1 aliphatic heterocycles. The van der Waals surface area contributed by atoms with Crippen molar-refractivity contribution in [2.75, 3.05) is 19.6 Å². The van der Waals surface area contributed by atoms with E-state index in [4.69, 9.17) is 5.11 Å². The molecular formula is C12H18N4O5S. The van der Waals surface area contributed by atoms with Gasteiger partial charge in [0.1, 0.15) is 4.90 Å². The molecule has 2 heterocycles. The van der Waals surface area contributed by atoms with Gasteiger partial charge in [-0.3, -0.25) is 14.3 Å². The van der Waals surface area contributed by atoms with Crippen molar-refractivity contribution >= 4 is 21.9 Å². The zero-order valence-electron chi connectivity index (χ0n) is 12.1. The van der Waals surface area contributed by atoms with E-state index in [0.717, 1.165) is 0 Å². The van der Waals surface area contributed by atoms with Gasteiger partial charge in [0.2, 0.25) is 15.9 Å². The largest absolute Gasteiger partial charge is 0.481 e. The van der Waals surface area contributed by atoms with E-state index in [1.165, 1.54) is 22.0 Å². The smallest absolute Gasteiger partial charge is 0.308 e. The molecule has 0 bridgehead atoms. The van der Waals surface area contributed by atoms with Gasteiger partial charge in [-0.15, -0.1) is 0 Å². The highest BCUT2D eigenvalue weighted by molar-refractivity contribution is 7.89. The second-order valence-electron chi connectivity index (χ2n) is 5.19. The van der Waals surface area contributed by atoms with Crippen LogP contribution in [-0.4, -0.2) is 59.7 Å². The minimum Gasteiger partial charge on any atom is -0.481 e. The molecule has 9 nitrogen and oxygen atoms in total. The first-order valence-corrected chi connectivity index (χ1v) is 8.27. The Morgan fingerprint density at radius 2 is 2.23 bits per heavy atom. The number of carbonyl (C=O) groups excluding carboxylic acids is 1. The summed E-state index contributed by atoms with van der Waals surface area (Å²) >= 11 is 0. The molecule has 0 aromatic carbocycles. The Kier molecular flexibility index (Phi) is 4.81. The van der Waals surface area contributed by atoms with Crippen molar-refractivity contribution in [2.45, 2.75) is 17.7 Å². The lowest BCUT2D eigenvalue weighted by atomic mass is 9.98. The van der Waals surface area contributed by atoms with E-state index in [9.17, 15) is 18.0 Å². The van der Waals surface area contributed by atoms with Gasteiger partial charge in [-0.2, -0.15) is 5.10 Å². The van der Waals surface area contributed by atoms with Crippen molar-refractivity contribution in [2.24, 2.45) is 13.0 Å². The van der Waals surface area contributed by atoms with Gasteiger partial charge in [0.25, 0.3) is 0 Å². The van der Waals surface area contributed by atoms with Crippen LogP contribution < -0.4 is 4.72 Å². The third kappa shape index (κ3) is 3.83. The number of hydrogen-bond donors (Lipinski definition) is 2. The molecule has 0 spiro atoms. The van der Waals surface area contributed by atoms with Crippen LogP contribution in [0.5, 0.6) is 0 Å². The van der Waals surface area contributed by atoms with Crippen molar-refractivity contribution in [3.63, 3.8) is 0 Å². The number of aliphatic carboxylic acids is 1. The molecule has 1 amide bonds. The Bertz CT molecular complexity index is 669. The fourth-order valence-corrected chi connectivity index (χ4v) is 3.25. The first kappa shape index (κ1) is 16.4. The fourth-order valence-electron chi connectivity index (χ4n) is 2.29. The van der Waals surface area contributed by atoms with Crippen LogP contribution in [-0.2, 0) is 26.7 Å². The van der Waals surface area contributed by atoms with Crippen LogP contribution in [0.3, 0.4) is 0 Å². The number of aryl methyl sites for hydroxylation is 1. The SMILES string of the molecule is Cn1cc(S(=O)(=O)NCC(=O)N2CCCC(C(=O)O)C2)cn1. The van der Waals surface area contributed by atoms with Gasteiger partial charge in [-0.25, -0.2) is 13.1 Å². The number of aromatic nitrogens is 2. The summed E-state index contributed by atoms with van der Waals surface area (Å²) in [5, 5.41) is 12.8. The lowest BCUT2D eigenvalue weighted by Gasteiger charge is -2.30. The molecule has 1 aliphatic rings. The zero-order chi connectivity index (χ0) is 16.3. The Labute approximate surface area is 128 Å². The Morgan fingerprint density at radius 3 is 2.82 bits per heavy atom. The number of carbonyl (C=O) groups is 2. The molecule has 0 saturated carbocycles. The predicted molar refractivity (Wildman–Crippen MR) is 75.3 cm³/mol. The quantitative estimate of drug-likeness (QED) is 0.716. The summed E-state index contributed by atoms with van der Waals surface area (Å²) in [6, 6.07) is 0. The van der Waals surface area contributed by atoms with Gasteiger partial charge in [0.05, 0.1) is 18.7 Å². The van der Waals surface area contributed by atoms with E-state index < -0.39 is 34.4 Å². The Morgan fingerprint density at radius 1 is 1.50 bits per heavy atom. The number of nitrogens with one attached hydrogen (secondary N) is 1. The first-order valence-electron chi connectivity index (χ1n) is 6.78. The summed E-state index contributed by atoms with van der Waals surface area (Å²) in [7, 11) is -2.21. The van der Waals surface area contributed by atoms with Crippen LogP contribution in [0.15, 0.2) is 17.3 Å². The minimum absolute atomic E-state index is 0.0233. The molecule has 2 rings (SSSR count). The molecule has 1 fully saturated rings. The molecule has 10 heteroatoms. The molecule has 0 radical (unpaired) electrons. The number of piperidine rings is 1. The molecule has 122 valence electrons. The molecule has 1 atom stereocenters. The second kappa shape index (κ2) is 6.44. The van der Waals surface area contributed by atoms with Crippen LogP contribution in [0.1, 0.15) is 12.8 Å². The fraction of sp³-hybridized carbons (Fsp3) is 0.583. The van der Waals surface area contributed by atoms with Crippen LogP contribution in [0, 0.1) is 5.92 Å². The molecule has 1 aromatic rings. The predicted octanol–water partition coefficient (Wildman–Crippen LogP) is -0.978.